The number of carboxylic acid groups (broad SMARTS) is 1. The van der Waals surface area contributed by atoms with Gasteiger partial charge in [0, 0.05) is 24.5 Å². The van der Waals surface area contributed by atoms with Gasteiger partial charge in [-0.05, 0) is 67.1 Å². The van der Waals surface area contributed by atoms with Gasteiger partial charge in [0.05, 0.1) is 17.6 Å². The van der Waals surface area contributed by atoms with Gasteiger partial charge in [-0.25, -0.2) is 26.7 Å². The summed E-state index contributed by atoms with van der Waals surface area (Å²) < 4.78 is 66.3. The maximum Gasteiger partial charge on any atom is 0.329 e. The normalized spacial score (nSPS) is 25.7. The molecule has 2 fully saturated rings. The fourth-order valence-electron chi connectivity index (χ4n) is 5.53. The lowest BCUT2D eigenvalue weighted by Gasteiger charge is -2.40. The summed E-state index contributed by atoms with van der Waals surface area (Å²) in [4.78, 5) is 10.6. The quantitative estimate of drug-likeness (QED) is 0.425. The zero-order valence-corrected chi connectivity index (χ0v) is 20.0. The minimum absolute atomic E-state index is 0.0108. The lowest BCUT2D eigenvalue weighted by molar-refractivity contribution is -0.142. The van der Waals surface area contributed by atoms with E-state index in [1.54, 1.807) is 12.1 Å². The average Bonchev–Trinajstić information content (AvgIpc) is 3.38. The Morgan fingerprint density at radius 3 is 2.40 bits per heavy atom. The minimum Gasteiger partial charge on any atom is -0.480 e. The molecule has 190 valence electrons. The van der Waals surface area contributed by atoms with Crippen LogP contribution in [0, 0.1) is 23.5 Å². The third kappa shape index (κ3) is 5.72. The molecule has 1 saturated carbocycles. The lowest BCUT2D eigenvalue weighted by atomic mass is 9.69. The largest absolute Gasteiger partial charge is 0.480 e. The number of hydrogen-bond donors (Lipinski definition) is 2. The van der Waals surface area contributed by atoms with Crippen molar-refractivity contribution in [1.29, 1.82) is 0 Å². The molecule has 35 heavy (non-hydrogen) atoms. The molecule has 2 N–H and O–H groups in total. The number of carbonyl (C=O) groups is 1. The van der Waals surface area contributed by atoms with Gasteiger partial charge in [0.15, 0.2) is 0 Å². The second-order valence-corrected chi connectivity index (χ2v) is 11.0. The van der Waals surface area contributed by atoms with Crippen molar-refractivity contribution in [1.82, 2.24) is 4.72 Å². The summed E-state index contributed by atoms with van der Waals surface area (Å²) >= 11 is 0. The first-order valence-electron chi connectivity index (χ1n) is 11.6. The zero-order valence-electron chi connectivity index (χ0n) is 19.2. The van der Waals surface area contributed by atoms with Gasteiger partial charge < -0.3 is 14.6 Å². The van der Waals surface area contributed by atoms with Gasteiger partial charge >= 0.3 is 5.97 Å². The van der Waals surface area contributed by atoms with Crippen molar-refractivity contribution in [2.75, 3.05) is 26.4 Å². The summed E-state index contributed by atoms with van der Waals surface area (Å²) in [7, 11) is -3.83. The number of nitrogens with one attached hydrogen (secondary N) is 1. The molecule has 0 amide bonds. The molecule has 0 aromatic heterocycles. The average molecular weight is 510 g/mol. The maximum absolute atomic E-state index is 13.6. The SMILES string of the molecule is O=C(O)COCCCC[C@H]1[C@H](CNS(=O)(=O)c2ccc(F)cc2)C2CC1(c1ccc(F)cc1)CO2. The lowest BCUT2D eigenvalue weighted by Crippen LogP contribution is -2.44. The van der Waals surface area contributed by atoms with E-state index in [0.717, 1.165) is 30.5 Å². The van der Waals surface area contributed by atoms with Crippen LogP contribution in [0.1, 0.15) is 31.2 Å². The molecule has 4 rings (SSSR count). The van der Waals surface area contributed by atoms with E-state index in [-0.39, 0.29) is 47.2 Å². The second-order valence-electron chi connectivity index (χ2n) is 9.23. The summed E-state index contributed by atoms with van der Waals surface area (Å²) in [6.07, 6.45) is 2.76. The van der Waals surface area contributed by atoms with E-state index in [9.17, 15) is 22.0 Å². The number of aliphatic carboxylic acids is 1. The zero-order chi connectivity index (χ0) is 25.1. The van der Waals surface area contributed by atoms with Crippen molar-refractivity contribution in [3.8, 4) is 0 Å². The van der Waals surface area contributed by atoms with Crippen molar-refractivity contribution in [3.63, 3.8) is 0 Å². The molecular weight excluding hydrogens is 480 g/mol. The molecule has 7 nitrogen and oxygen atoms in total. The number of benzene rings is 2. The first-order chi connectivity index (χ1) is 16.7. The van der Waals surface area contributed by atoms with Crippen LogP contribution in [-0.4, -0.2) is 52.0 Å². The number of ether oxygens (including phenoxy) is 2. The van der Waals surface area contributed by atoms with Gasteiger partial charge in [0.2, 0.25) is 10.0 Å². The van der Waals surface area contributed by atoms with Crippen molar-refractivity contribution in [2.45, 2.75) is 42.1 Å². The van der Waals surface area contributed by atoms with E-state index >= 15 is 0 Å². The van der Waals surface area contributed by atoms with E-state index in [1.165, 1.54) is 24.3 Å². The Hall–Kier alpha value is -2.40. The molecule has 0 spiro atoms. The Morgan fingerprint density at radius 1 is 1.09 bits per heavy atom. The van der Waals surface area contributed by atoms with Gasteiger partial charge in [-0.2, -0.15) is 0 Å². The summed E-state index contributed by atoms with van der Waals surface area (Å²) in [6.45, 7) is 0.620. The highest BCUT2D eigenvalue weighted by Crippen LogP contribution is 2.56. The predicted molar refractivity (Wildman–Crippen MR) is 123 cm³/mol. The van der Waals surface area contributed by atoms with Crippen LogP contribution in [0.2, 0.25) is 0 Å². The molecule has 2 unspecified atom stereocenters. The van der Waals surface area contributed by atoms with Crippen LogP contribution in [0.3, 0.4) is 0 Å². The molecule has 4 atom stereocenters. The Bertz CT molecular complexity index is 1130. The number of fused-ring (bicyclic) bond motifs is 2. The van der Waals surface area contributed by atoms with Gasteiger partial charge in [-0.1, -0.05) is 18.6 Å². The van der Waals surface area contributed by atoms with E-state index in [4.69, 9.17) is 14.6 Å². The maximum atomic E-state index is 13.6. The highest BCUT2D eigenvalue weighted by molar-refractivity contribution is 7.89. The number of carboxylic acids is 1. The number of halogens is 2. The van der Waals surface area contributed by atoms with Crippen LogP contribution in [0.25, 0.3) is 0 Å². The monoisotopic (exact) mass is 509 g/mol. The van der Waals surface area contributed by atoms with Gasteiger partial charge in [0.25, 0.3) is 0 Å². The van der Waals surface area contributed by atoms with Crippen molar-refractivity contribution in [3.05, 3.63) is 65.7 Å². The Kier molecular flexibility index (Phi) is 7.85. The topological polar surface area (TPSA) is 102 Å². The molecule has 1 aliphatic carbocycles. The molecule has 1 heterocycles. The molecule has 2 aromatic rings. The van der Waals surface area contributed by atoms with Crippen LogP contribution in [-0.2, 0) is 29.7 Å². The smallest absolute Gasteiger partial charge is 0.329 e. The van der Waals surface area contributed by atoms with E-state index in [1.807, 2.05) is 0 Å². The highest BCUT2D eigenvalue weighted by atomic mass is 32.2. The minimum atomic E-state index is -3.83. The molecule has 10 heteroatoms. The number of sulfonamides is 1. The Balaban J connectivity index is 1.49. The van der Waals surface area contributed by atoms with Crippen LogP contribution < -0.4 is 4.72 Å². The summed E-state index contributed by atoms with van der Waals surface area (Å²) in [5, 5.41) is 8.71. The van der Waals surface area contributed by atoms with Crippen LogP contribution >= 0.6 is 0 Å². The van der Waals surface area contributed by atoms with E-state index in [0.29, 0.717) is 26.1 Å². The first-order valence-corrected chi connectivity index (χ1v) is 13.1. The third-order valence-electron chi connectivity index (χ3n) is 7.16. The molecule has 1 saturated heterocycles. The number of unbranched alkanes of at least 4 members (excludes halogenated alkanes) is 1. The van der Waals surface area contributed by atoms with Crippen molar-refractivity contribution >= 4 is 16.0 Å². The molecule has 2 aromatic carbocycles. The van der Waals surface area contributed by atoms with Gasteiger partial charge in [0.1, 0.15) is 18.2 Å². The standard InChI is InChI=1S/C25H29F2NO6S/c26-18-6-4-17(5-7-18)25-13-23(34-16-25)21(22(25)3-1-2-12-33-15-24(29)30)14-28-35(31,32)20-10-8-19(27)9-11-20/h4-11,21-23,28H,1-3,12-16H2,(H,29,30)/t21-,22-,23?,25?/m0/s1. The van der Waals surface area contributed by atoms with Crippen LogP contribution in [0.5, 0.6) is 0 Å². The number of hydrogen-bond acceptors (Lipinski definition) is 5. The predicted octanol–water partition coefficient (Wildman–Crippen LogP) is 3.49. The van der Waals surface area contributed by atoms with Crippen LogP contribution in [0.4, 0.5) is 8.78 Å². The van der Waals surface area contributed by atoms with Crippen molar-refractivity contribution < 1.29 is 36.6 Å². The summed E-state index contributed by atoms with van der Waals surface area (Å²) in [6, 6.07) is 11.1. The molecular formula is C25H29F2NO6S. The summed E-state index contributed by atoms with van der Waals surface area (Å²) in [5.74, 6) is -1.89. The Morgan fingerprint density at radius 2 is 1.74 bits per heavy atom. The van der Waals surface area contributed by atoms with E-state index < -0.39 is 21.8 Å². The molecule has 2 bridgehead atoms. The summed E-state index contributed by atoms with van der Waals surface area (Å²) in [5.41, 5.74) is 0.615. The molecule has 2 aliphatic rings. The van der Waals surface area contributed by atoms with Gasteiger partial charge in [-0.3, -0.25) is 0 Å². The second kappa shape index (κ2) is 10.7. The fraction of sp³-hybridized carbons (Fsp3) is 0.480. The third-order valence-corrected chi connectivity index (χ3v) is 8.60. The highest BCUT2D eigenvalue weighted by Gasteiger charge is 2.59. The molecule has 1 aliphatic heterocycles. The number of rotatable bonds is 12. The van der Waals surface area contributed by atoms with E-state index in [2.05, 4.69) is 4.72 Å². The van der Waals surface area contributed by atoms with Gasteiger partial charge in [-0.15, -0.1) is 0 Å². The first kappa shape index (κ1) is 25.7. The fourth-order valence-corrected chi connectivity index (χ4v) is 6.60. The Labute approximate surface area is 203 Å². The van der Waals surface area contributed by atoms with Crippen molar-refractivity contribution in [2.24, 2.45) is 11.8 Å². The molecule has 0 radical (unpaired) electrons. The van der Waals surface area contributed by atoms with Crippen LogP contribution in [0.15, 0.2) is 53.4 Å².